The molecular weight excluding hydrogens is 248 g/mol. The van der Waals surface area contributed by atoms with E-state index in [1.807, 2.05) is 30.2 Å². The lowest BCUT2D eigenvalue weighted by molar-refractivity contribution is -0.119. The summed E-state index contributed by atoms with van der Waals surface area (Å²) in [7, 11) is 0. The second-order valence-electron chi connectivity index (χ2n) is 3.80. The fraction of sp³-hybridized carbons (Fsp3) is 0.417. The van der Waals surface area contributed by atoms with Crippen molar-refractivity contribution in [2.24, 2.45) is 0 Å². The van der Waals surface area contributed by atoms with Gasteiger partial charge in [0.15, 0.2) is 0 Å². The van der Waals surface area contributed by atoms with Crippen molar-refractivity contribution in [1.82, 2.24) is 15.3 Å². The highest BCUT2D eigenvalue weighted by molar-refractivity contribution is 7.16. The first kappa shape index (κ1) is 12.8. The predicted molar refractivity (Wildman–Crippen MR) is 74.0 cm³/mol. The molecule has 0 bridgehead atoms. The largest absolute Gasteiger partial charge is 0.355 e. The van der Waals surface area contributed by atoms with E-state index in [2.05, 4.69) is 15.3 Å². The van der Waals surface area contributed by atoms with E-state index in [0.717, 1.165) is 22.6 Å². The Balaban J connectivity index is 2.26. The monoisotopic (exact) mass is 264 g/mol. The Bertz CT molecular complexity index is 540. The van der Waals surface area contributed by atoms with Gasteiger partial charge >= 0.3 is 0 Å². The summed E-state index contributed by atoms with van der Waals surface area (Å²) in [6, 6.07) is 2.00. The number of aromatic nitrogens is 2. The minimum Gasteiger partial charge on any atom is -0.355 e. The van der Waals surface area contributed by atoms with Crippen LogP contribution in [0, 0.1) is 0 Å². The number of carbonyl (C=O) groups excluding carboxylic acids is 1. The van der Waals surface area contributed by atoms with Gasteiger partial charge in [0.25, 0.3) is 0 Å². The summed E-state index contributed by atoms with van der Waals surface area (Å²) in [4.78, 5) is 23.1. The molecule has 2 aromatic rings. The van der Waals surface area contributed by atoms with Gasteiger partial charge < -0.3 is 10.2 Å². The molecule has 5 nitrogen and oxygen atoms in total. The minimum atomic E-state index is 0.0151. The van der Waals surface area contributed by atoms with Gasteiger partial charge in [-0.15, -0.1) is 11.3 Å². The van der Waals surface area contributed by atoms with Crippen LogP contribution in [-0.2, 0) is 4.79 Å². The van der Waals surface area contributed by atoms with Gasteiger partial charge in [-0.3, -0.25) is 4.79 Å². The van der Waals surface area contributed by atoms with Crippen molar-refractivity contribution in [3.8, 4) is 0 Å². The molecule has 0 saturated heterocycles. The number of anilines is 1. The molecule has 96 valence electrons. The van der Waals surface area contributed by atoms with Gasteiger partial charge in [0, 0.05) is 13.1 Å². The normalized spacial score (nSPS) is 10.6. The van der Waals surface area contributed by atoms with Gasteiger partial charge in [0.2, 0.25) is 5.91 Å². The van der Waals surface area contributed by atoms with Crippen LogP contribution >= 0.6 is 11.3 Å². The maximum atomic E-state index is 11.7. The van der Waals surface area contributed by atoms with Crippen LogP contribution < -0.4 is 10.2 Å². The summed E-state index contributed by atoms with van der Waals surface area (Å²) in [5.74, 6) is 0.844. The first-order chi connectivity index (χ1) is 8.76. The number of amides is 1. The van der Waals surface area contributed by atoms with Crippen LogP contribution in [-0.4, -0.2) is 35.5 Å². The Kier molecular flexibility index (Phi) is 4.09. The van der Waals surface area contributed by atoms with E-state index in [-0.39, 0.29) is 5.91 Å². The second-order valence-corrected chi connectivity index (χ2v) is 4.70. The molecule has 0 unspecified atom stereocenters. The van der Waals surface area contributed by atoms with Crippen LogP contribution in [0.4, 0.5) is 5.82 Å². The number of rotatable bonds is 5. The Hall–Kier alpha value is -1.69. The molecule has 0 atom stereocenters. The van der Waals surface area contributed by atoms with Crippen LogP contribution in [0.2, 0.25) is 0 Å². The van der Waals surface area contributed by atoms with E-state index >= 15 is 0 Å². The molecule has 2 rings (SSSR count). The second kappa shape index (κ2) is 5.77. The van der Waals surface area contributed by atoms with Crippen LogP contribution in [0.3, 0.4) is 0 Å². The molecular formula is C12H16N4OS. The molecule has 2 heterocycles. The fourth-order valence-corrected chi connectivity index (χ4v) is 2.52. The van der Waals surface area contributed by atoms with Gasteiger partial charge in [-0.2, -0.15) is 0 Å². The number of nitrogens with one attached hydrogen (secondary N) is 1. The van der Waals surface area contributed by atoms with Gasteiger partial charge in [-0.05, 0) is 25.3 Å². The molecule has 0 aliphatic rings. The summed E-state index contributed by atoms with van der Waals surface area (Å²) >= 11 is 1.58. The molecule has 18 heavy (non-hydrogen) atoms. The molecule has 0 fully saturated rings. The number of likely N-dealkylation sites (N-methyl/N-ethyl adjacent to an activating group) is 2. The fourth-order valence-electron chi connectivity index (χ4n) is 1.79. The van der Waals surface area contributed by atoms with Crippen molar-refractivity contribution in [2.45, 2.75) is 13.8 Å². The summed E-state index contributed by atoms with van der Waals surface area (Å²) in [5.41, 5.74) is 0. The molecule has 0 spiro atoms. The molecule has 1 N–H and O–H groups in total. The predicted octanol–water partition coefficient (Wildman–Crippen LogP) is 1.65. The van der Waals surface area contributed by atoms with E-state index in [1.165, 1.54) is 0 Å². The van der Waals surface area contributed by atoms with Gasteiger partial charge in [-0.25, -0.2) is 9.97 Å². The third-order valence-corrected chi connectivity index (χ3v) is 3.45. The van der Waals surface area contributed by atoms with E-state index in [4.69, 9.17) is 0 Å². The summed E-state index contributed by atoms with van der Waals surface area (Å²) < 4.78 is 0. The molecule has 1 amide bonds. The van der Waals surface area contributed by atoms with E-state index in [0.29, 0.717) is 13.1 Å². The molecule has 0 aliphatic heterocycles. The minimum absolute atomic E-state index is 0.0151. The Morgan fingerprint density at radius 3 is 3.00 bits per heavy atom. The summed E-state index contributed by atoms with van der Waals surface area (Å²) in [6.45, 7) is 5.63. The number of hydrogen-bond acceptors (Lipinski definition) is 5. The van der Waals surface area contributed by atoms with E-state index in [9.17, 15) is 4.79 Å². The highest BCUT2D eigenvalue weighted by Gasteiger charge is 2.14. The van der Waals surface area contributed by atoms with Crippen LogP contribution in [0.1, 0.15) is 13.8 Å². The highest BCUT2D eigenvalue weighted by atomic mass is 32.1. The maximum Gasteiger partial charge on any atom is 0.239 e. The zero-order valence-corrected chi connectivity index (χ0v) is 11.3. The lowest BCUT2D eigenvalue weighted by Gasteiger charge is -2.21. The molecule has 6 heteroatoms. The van der Waals surface area contributed by atoms with Crippen LogP contribution in [0.15, 0.2) is 17.8 Å². The average molecular weight is 264 g/mol. The molecule has 2 aromatic heterocycles. The zero-order chi connectivity index (χ0) is 13.0. The maximum absolute atomic E-state index is 11.7. The third kappa shape index (κ3) is 2.59. The Labute approximate surface area is 110 Å². The van der Waals surface area contributed by atoms with Crippen molar-refractivity contribution in [1.29, 1.82) is 0 Å². The number of fused-ring (bicyclic) bond motifs is 1. The zero-order valence-electron chi connectivity index (χ0n) is 10.5. The van der Waals surface area contributed by atoms with Gasteiger partial charge in [0.05, 0.1) is 11.9 Å². The van der Waals surface area contributed by atoms with Crippen molar-refractivity contribution in [2.75, 3.05) is 24.5 Å². The van der Waals surface area contributed by atoms with Gasteiger partial charge in [-0.1, -0.05) is 0 Å². The topological polar surface area (TPSA) is 58.1 Å². The first-order valence-electron chi connectivity index (χ1n) is 5.96. The van der Waals surface area contributed by atoms with Crippen molar-refractivity contribution >= 4 is 33.3 Å². The Morgan fingerprint density at radius 2 is 2.28 bits per heavy atom. The van der Waals surface area contributed by atoms with E-state index < -0.39 is 0 Å². The quantitative estimate of drug-likeness (QED) is 0.892. The lowest BCUT2D eigenvalue weighted by atomic mass is 10.3. The lowest BCUT2D eigenvalue weighted by Crippen LogP contribution is -2.37. The molecule has 0 saturated carbocycles. The summed E-state index contributed by atoms with van der Waals surface area (Å²) in [6.07, 6.45) is 1.55. The number of carbonyl (C=O) groups is 1. The Morgan fingerprint density at radius 1 is 1.44 bits per heavy atom. The van der Waals surface area contributed by atoms with Crippen LogP contribution in [0.25, 0.3) is 10.2 Å². The standard InChI is InChI=1S/C12H16N4OS/c1-3-13-10(17)7-16(4-2)11-9-5-6-18-12(9)15-8-14-11/h5-6,8H,3-4,7H2,1-2H3,(H,13,17). The van der Waals surface area contributed by atoms with Crippen LogP contribution in [0.5, 0.6) is 0 Å². The van der Waals surface area contributed by atoms with Crippen molar-refractivity contribution < 1.29 is 4.79 Å². The molecule has 0 radical (unpaired) electrons. The van der Waals surface area contributed by atoms with Crippen molar-refractivity contribution in [3.63, 3.8) is 0 Å². The van der Waals surface area contributed by atoms with Crippen molar-refractivity contribution in [3.05, 3.63) is 17.8 Å². The molecule has 0 aromatic carbocycles. The average Bonchev–Trinajstić information content (AvgIpc) is 2.84. The van der Waals surface area contributed by atoms with Gasteiger partial charge in [0.1, 0.15) is 17.0 Å². The van der Waals surface area contributed by atoms with E-state index in [1.54, 1.807) is 17.7 Å². The molecule has 0 aliphatic carbocycles. The number of thiophene rings is 1. The smallest absolute Gasteiger partial charge is 0.239 e. The first-order valence-corrected chi connectivity index (χ1v) is 6.84. The SMILES string of the molecule is CCNC(=O)CN(CC)c1ncnc2sccc12. The summed E-state index contributed by atoms with van der Waals surface area (Å²) in [5, 5.41) is 5.80. The number of nitrogens with zero attached hydrogens (tertiary/aromatic N) is 3. The third-order valence-electron chi connectivity index (χ3n) is 2.63. The highest BCUT2D eigenvalue weighted by Crippen LogP contribution is 2.26. The number of hydrogen-bond donors (Lipinski definition) is 1.